The van der Waals surface area contributed by atoms with Crippen molar-refractivity contribution in [2.75, 3.05) is 17.6 Å². The van der Waals surface area contributed by atoms with E-state index in [4.69, 9.17) is 10.5 Å². The maximum absolute atomic E-state index is 5.90. The van der Waals surface area contributed by atoms with E-state index in [9.17, 15) is 0 Å². The lowest BCUT2D eigenvalue weighted by Gasteiger charge is -2.10. The molecule has 0 atom stereocenters. The predicted octanol–water partition coefficient (Wildman–Crippen LogP) is 4.15. The number of benzene rings is 2. The minimum atomic E-state index is 0.512. The fourth-order valence-corrected chi connectivity index (χ4v) is 3.04. The van der Waals surface area contributed by atoms with Crippen LogP contribution in [0.25, 0.3) is 10.9 Å². The first-order valence-electron chi connectivity index (χ1n) is 9.55. The Balaban J connectivity index is 1.31. The van der Waals surface area contributed by atoms with Crippen molar-refractivity contribution in [1.82, 2.24) is 15.0 Å². The third-order valence-corrected chi connectivity index (χ3v) is 4.67. The number of fused-ring (bicyclic) bond motifs is 1. The standard InChI is InChI=1S/C23H23N5O/c1-16-2-3-18(13-26-16)14-29-20-7-4-17(5-8-20)10-11-25-23-21-12-19(24)6-9-22(21)27-15-28-23/h2-9,12-13,15H,10-11,14,24H2,1H3,(H,25,27,28). The van der Waals surface area contributed by atoms with Crippen molar-refractivity contribution in [3.05, 3.63) is 83.9 Å². The van der Waals surface area contributed by atoms with Crippen molar-refractivity contribution < 1.29 is 4.74 Å². The van der Waals surface area contributed by atoms with E-state index < -0.39 is 0 Å². The molecule has 3 N–H and O–H groups in total. The Kier molecular flexibility index (Phi) is 5.52. The fraction of sp³-hybridized carbons (Fsp3) is 0.174. The van der Waals surface area contributed by atoms with E-state index in [1.54, 1.807) is 6.33 Å². The van der Waals surface area contributed by atoms with Crippen LogP contribution >= 0.6 is 0 Å². The third-order valence-electron chi connectivity index (χ3n) is 4.67. The highest BCUT2D eigenvalue weighted by atomic mass is 16.5. The van der Waals surface area contributed by atoms with Gasteiger partial charge in [-0.3, -0.25) is 4.98 Å². The zero-order chi connectivity index (χ0) is 20.1. The van der Waals surface area contributed by atoms with Gasteiger partial charge in [0, 0.05) is 35.1 Å². The maximum Gasteiger partial charge on any atom is 0.137 e. The molecule has 6 heteroatoms. The van der Waals surface area contributed by atoms with E-state index in [0.717, 1.165) is 46.7 Å². The molecular weight excluding hydrogens is 362 g/mol. The number of rotatable bonds is 7. The molecule has 0 saturated heterocycles. The van der Waals surface area contributed by atoms with E-state index in [-0.39, 0.29) is 0 Å². The molecule has 146 valence electrons. The Hall–Kier alpha value is -3.67. The van der Waals surface area contributed by atoms with Gasteiger partial charge >= 0.3 is 0 Å². The fourth-order valence-electron chi connectivity index (χ4n) is 3.04. The lowest BCUT2D eigenvalue weighted by Crippen LogP contribution is -2.07. The second-order valence-electron chi connectivity index (χ2n) is 6.92. The quantitative estimate of drug-likeness (QED) is 0.465. The number of pyridine rings is 1. The summed E-state index contributed by atoms with van der Waals surface area (Å²) >= 11 is 0. The summed E-state index contributed by atoms with van der Waals surface area (Å²) in [7, 11) is 0. The summed E-state index contributed by atoms with van der Waals surface area (Å²) in [6.45, 7) is 3.25. The molecule has 0 fully saturated rings. The molecule has 2 aromatic heterocycles. The van der Waals surface area contributed by atoms with E-state index in [1.807, 2.05) is 55.6 Å². The Morgan fingerprint density at radius 3 is 2.55 bits per heavy atom. The van der Waals surface area contributed by atoms with Gasteiger partial charge in [0.05, 0.1) is 5.52 Å². The first-order valence-corrected chi connectivity index (χ1v) is 9.55. The Morgan fingerprint density at radius 1 is 0.931 bits per heavy atom. The summed E-state index contributed by atoms with van der Waals surface area (Å²) < 4.78 is 5.84. The smallest absolute Gasteiger partial charge is 0.137 e. The zero-order valence-corrected chi connectivity index (χ0v) is 16.3. The molecule has 0 bridgehead atoms. The molecule has 29 heavy (non-hydrogen) atoms. The number of ether oxygens (including phenoxy) is 1. The molecule has 0 aliphatic carbocycles. The van der Waals surface area contributed by atoms with Crippen LogP contribution in [0.5, 0.6) is 5.75 Å². The Morgan fingerprint density at radius 2 is 1.76 bits per heavy atom. The number of aromatic nitrogens is 3. The van der Waals surface area contributed by atoms with Crippen LogP contribution in [-0.2, 0) is 13.0 Å². The van der Waals surface area contributed by atoms with Crippen LogP contribution in [-0.4, -0.2) is 21.5 Å². The Labute approximate surface area is 169 Å². The third kappa shape index (κ3) is 4.79. The summed E-state index contributed by atoms with van der Waals surface area (Å²) in [4.78, 5) is 12.9. The van der Waals surface area contributed by atoms with E-state index in [2.05, 4.69) is 32.4 Å². The molecule has 0 aliphatic rings. The first-order chi connectivity index (χ1) is 14.2. The summed E-state index contributed by atoms with van der Waals surface area (Å²) in [5, 5.41) is 4.32. The van der Waals surface area contributed by atoms with Gasteiger partial charge in [0.1, 0.15) is 24.5 Å². The average molecular weight is 385 g/mol. The second-order valence-corrected chi connectivity index (χ2v) is 6.92. The van der Waals surface area contributed by atoms with Crippen molar-refractivity contribution in [3.8, 4) is 5.75 Å². The highest BCUT2D eigenvalue weighted by molar-refractivity contribution is 5.91. The molecule has 2 aromatic carbocycles. The minimum Gasteiger partial charge on any atom is -0.489 e. The summed E-state index contributed by atoms with van der Waals surface area (Å²) in [5.74, 6) is 1.65. The molecule has 2 heterocycles. The topological polar surface area (TPSA) is 86.0 Å². The monoisotopic (exact) mass is 385 g/mol. The van der Waals surface area contributed by atoms with Crippen molar-refractivity contribution >= 4 is 22.4 Å². The largest absolute Gasteiger partial charge is 0.489 e. The van der Waals surface area contributed by atoms with Gasteiger partial charge in [0.2, 0.25) is 0 Å². The number of aryl methyl sites for hydroxylation is 1. The molecule has 0 unspecified atom stereocenters. The number of nitrogens with zero attached hydrogens (tertiary/aromatic N) is 3. The van der Waals surface area contributed by atoms with Crippen molar-refractivity contribution in [2.45, 2.75) is 20.0 Å². The number of anilines is 2. The van der Waals surface area contributed by atoms with Crippen molar-refractivity contribution in [3.63, 3.8) is 0 Å². The number of nitrogens with two attached hydrogens (primary N) is 1. The number of nitrogens with one attached hydrogen (secondary N) is 1. The van der Waals surface area contributed by atoms with Gasteiger partial charge in [0.25, 0.3) is 0 Å². The predicted molar refractivity (Wildman–Crippen MR) is 116 cm³/mol. The lowest BCUT2D eigenvalue weighted by molar-refractivity contribution is 0.305. The van der Waals surface area contributed by atoms with Gasteiger partial charge in [-0.05, 0) is 55.3 Å². The summed E-state index contributed by atoms with van der Waals surface area (Å²) in [6.07, 6.45) is 4.28. The van der Waals surface area contributed by atoms with Crippen LogP contribution in [0.3, 0.4) is 0 Å². The molecular formula is C23H23N5O. The lowest BCUT2D eigenvalue weighted by atomic mass is 10.1. The molecule has 4 aromatic rings. The molecule has 0 spiro atoms. The average Bonchev–Trinajstić information content (AvgIpc) is 2.74. The molecule has 0 saturated carbocycles. The van der Waals surface area contributed by atoms with Crippen molar-refractivity contribution in [2.24, 2.45) is 0 Å². The van der Waals surface area contributed by atoms with Crippen LogP contribution in [0.1, 0.15) is 16.8 Å². The van der Waals surface area contributed by atoms with Crippen LogP contribution in [0, 0.1) is 6.92 Å². The number of hydrogen-bond donors (Lipinski definition) is 2. The maximum atomic E-state index is 5.90. The molecule has 4 rings (SSSR count). The number of nitrogen functional groups attached to an aromatic ring is 1. The van der Waals surface area contributed by atoms with Gasteiger partial charge in [0.15, 0.2) is 0 Å². The van der Waals surface area contributed by atoms with Crippen molar-refractivity contribution in [1.29, 1.82) is 0 Å². The van der Waals surface area contributed by atoms with Crippen LogP contribution in [0.2, 0.25) is 0 Å². The summed E-state index contributed by atoms with van der Waals surface area (Å²) in [5.41, 5.74) is 10.8. The van der Waals surface area contributed by atoms with Gasteiger partial charge < -0.3 is 15.8 Å². The van der Waals surface area contributed by atoms with E-state index >= 15 is 0 Å². The van der Waals surface area contributed by atoms with Gasteiger partial charge in [-0.1, -0.05) is 18.2 Å². The molecule has 0 amide bonds. The highest BCUT2D eigenvalue weighted by Gasteiger charge is 2.04. The van der Waals surface area contributed by atoms with Gasteiger partial charge in [-0.25, -0.2) is 9.97 Å². The summed E-state index contributed by atoms with van der Waals surface area (Å²) in [6, 6.07) is 17.8. The molecule has 6 nitrogen and oxygen atoms in total. The van der Waals surface area contributed by atoms with E-state index in [0.29, 0.717) is 12.3 Å². The van der Waals surface area contributed by atoms with Crippen LogP contribution in [0.4, 0.5) is 11.5 Å². The molecule has 0 aliphatic heterocycles. The highest BCUT2D eigenvalue weighted by Crippen LogP contribution is 2.21. The Bertz CT molecular complexity index is 1090. The zero-order valence-electron chi connectivity index (χ0n) is 16.3. The normalized spacial score (nSPS) is 10.8. The molecule has 0 radical (unpaired) electrons. The van der Waals surface area contributed by atoms with Gasteiger partial charge in [-0.2, -0.15) is 0 Å². The first kappa shape index (κ1) is 18.7. The van der Waals surface area contributed by atoms with Crippen LogP contribution in [0.15, 0.2) is 67.1 Å². The minimum absolute atomic E-state index is 0.512. The van der Waals surface area contributed by atoms with E-state index in [1.165, 1.54) is 5.56 Å². The second kappa shape index (κ2) is 8.56. The van der Waals surface area contributed by atoms with Crippen LogP contribution < -0.4 is 15.8 Å². The number of hydrogen-bond acceptors (Lipinski definition) is 6. The SMILES string of the molecule is Cc1ccc(COc2ccc(CCNc3ncnc4ccc(N)cc34)cc2)cn1. The van der Waals surface area contributed by atoms with Gasteiger partial charge in [-0.15, -0.1) is 0 Å².